The van der Waals surface area contributed by atoms with Gasteiger partial charge in [0.25, 0.3) is 0 Å². The zero-order chi connectivity index (χ0) is 13.2. The number of rotatable bonds is 4. The summed E-state index contributed by atoms with van der Waals surface area (Å²) in [5.74, 6) is 0. The lowest BCUT2D eigenvalue weighted by atomic mass is 9.81. The molecule has 2 rings (SSSR count). The Bertz CT molecular complexity index is 507. The molecule has 1 saturated heterocycles. The molecule has 0 atom stereocenters. The average Bonchev–Trinajstić information content (AvgIpc) is 2.76. The van der Waals surface area contributed by atoms with Gasteiger partial charge in [-0.05, 0) is 43.5 Å². The number of piperidine rings is 1. The molecule has 1 fully saturated rings. The molecule has 0 amide bonds. The highest BCUT2D eigenvalue weighted by molar-refractivity contribution is 7.91. The molecule has 1 aromatic rings. The van der Waals surface area contributed by atoms with Crippen LogP contribution >= 0.6 is 22.9 Å². The van der Waals surface area contributed by atoms with Gasteiger partial charge in [0.15, 0.2) is 0 Å². The van der Waals surface area contributed by atoms with Crippen LogP contribution in [0.1, 0.15) is 19.8 Å². The Labute approximate surface area is 117 Å². The van der Waals surface area contributed by atoms with Crippen LogP contribution in [0.4, 0.5) is 0 Å². The summed E-state index contributed by atoms with van der Waals surface area (Å²) in [6.45, 7) is 4.50. The summed E-state index contributed by atoms with van der Waals surface area (Å²) in [5.41, 5.74) is 0.0410. The molecule has 18 heavy (non-hydrogen) atoms. The standard InChI is InChI=1S/C11H17ClN2O2S2/c1-11(4-6-13-7-5-11)8-14-18(15,16)10-3-2-9(12)17-10/h2-3,13-14H,4-8H2,1H3. The van der Waals surface area contributed by atoms with Crippen LogP contribution in [0.5, 0.6) is 0 Å². The molecule has 2 N–H and O–H groups in total. The number of hydrogen-bond acceptors (Lipinski definition) is 4. The second-order valence-corrected chi connectivity index (χ2v) is 8.65. The predicted octanol–water partition coefficient (Wildman–Crippen LogP) is 2.07. The Hall–Kier alpha value is -0.140. The molecule has 1 aliphatic heterocycles. The first-order valence-corrected chi connectivity index (χ1v) is 8.55. The summed E-state index contributed by atoms with van der Waals surface area (Å²) in [6.07, 6.45) is 1.97. The highest BCUT2D eigenvalue weighted by Gasteiger charge is 2.29. The van der Waals surface area contributed by atoms with Crippen LogP contribution in [-0.2, 0) is 10.0 Å². The smallest absolute Gasteiger partial charge is 0.250 e. The van der Waals surface area contributed by atoms with E-state index in [0.717, 1.165) is 37.3 Å². The molecule has 102 valence electrons. The molecule has 1 aliphatic rings. The van der Waals surface area contributed by atoms with Gasteiger partial charge in [-0.1, -0.05) is 18.5 Å². The number of nitrogens with one attached hydrogen (secondary N) is 2. The van der Waals surface area contributed by atoms with Crippen LogP contribution in [0, 0.1) is 5.41 Å². The fraction of sp³-hybridized carbons (Fsp3) is 0.636. The third-order valence-corrected chi connectivity index (χ3v) is 6.44. The van der Waals surface area contributed by atoms with E-state index >= 15 is 0 Å². The summed E-state index contributed by atoms with van der Waals surface area (Å²) in [6, 6.07) is 3.15. The minimum atomic E-state index is -3.41. The molecule has 0 radical (unpaired) electrons. The topological polar surface area (TPSA) is 58.2 Å². The minimum absolute atomic E-state index is 0.0410. The van der Waals surface area contributed by atoms with Gasteiger partial charge in [0, 0.05) is 6.54 Å². The average molecular weight is 309 g/mol. The Morgan fingerprint density at radius 1 is 1.44 bits per heavy atom. The molecule has 0 saturated carbocycles. The number of sulfonamides is 1. The van der Waals surface area contributed by atoms with Crippen molar-refractivity contribution in [1.82, 2.24) is 10.0 Å². The molecule has 0 spiro atoms. The first kappa shape index (κ1) is 14.3. The Morgan fingerprint density at radius 2 is 2.11 bits per heavy atom. The fourth-order valence-electron chi connectivity index (χ4n) is 1.99. The second kappa shape index (κ2) is 5.46. The third kappa shape index (κ3) is 3.45. The highest BCUT2D eigenvalue weighted by Crippen LogP contribution is 2.29. The molecule has 7 heteroatoms. The Balaban J connectivity index is 2.01. The maximum absolute atomic E-state index is 12.1. The van der Waals surface area contributed by atoms with Crippen molar-refractivity contribution in [3.63, 3.8) is 0 Å². The van der Waals surface area contributed by atoms with Crippen molar-refractivity contribution in [2.24, 2.45) is 5.41 Å². The fourth-order valence-corrected chi connectivity index (χ4v) is 4.72. The number of hydrogen-bond donors (Lipinski definition) is 2. The molecule has 4 nitrogen and oxygen atoms in total. The monoisotopic (exact) mass is 308 g/mol. The van der Waals surface area contributed by atoms with Gasteiger partial charge in [0.1, 0.15) is 4.21 Å². The van der Waals surface area contributed by atoms with Gasteiger partial charge in [-0.2, -0.15) is 0 Å². The van der Waals surface area contributed by atoms with E-state index in [-0.39, 0.29) is 9.62 Å². The Kier molecular flexibility index (Phi) is 4.33. The highest BCUT2D eigenvalue weighted by atomic mass is 35.5. The van der Waals surface area contributed by atoms with E-state index in [1.807, 2.05) is 0 Å². The molecule has 1 aromatic heterocycles. The summed E-state index contributed by atoms with van der Waals surface area (Å²) in [5, 5.41) is 3.28. The van der Waals surface area contributed by atoms with Gasteiger partial charge < -0.3 is 5.32 Å². The predicted molar refractivity (Wildman–Crippen MR) is 74.7 cm³/mol. The van der Waals surface area contributed by atoms with E-state index in [0.29, 0.717) is 10.9 Å². The van der Waals surface area contributed by atoms with Crippen LogP contribution in [0.15, 0.2) is 16.3 Å². The third-order valence-electron chi connectivity index (χ3n) is 3.31. The molecule has 0 unspecified atom stereocenters. The van der Waals surface area contributed by atoms with Gasteiger partial charge in [-0.15, -0.1) is 11.3 Å². The maximum atomic E-state index is 12.1. The quantitative estimate of drug-likeness (QED) is 0.895. The van der Waals surface area contributed by atoms with E-state index in [1.54, 1.807) is 12.1 Å². The number of halogens is 1. The maximum Gasteiger partial charge on any atom is 0.250 e. The van der Waals surface area contributed by atoms with Gasteiger partial charge in [-0.3, -0.25) is 0 Å². The first-order valence-electron chi connectivity index (χ1n) is 5.87. The van der Waals surface area contributed by atoms with Crippen LogP contribution < -0.4 is 10.0 Å². The van der Waals surface area contributed by atoms with Crippen molar-refractivity contribution in [2.75, 3.05) is 19.6 Å². The summed E-state index contributed by atoms with van der Waals surface area (Å²) < 4.78 is 27.6. The van der Waals surface area contributed by atoms with Crippen molar-refractivity contribution < 1.29 is 8.42 Å². The zero-order valence-electron chi connectivity index (χ0n) is 10.2. The zero-order valence-corrected chi connectivity index (χ0v) is 12.6. The van der Waals surface area contributed by atoms with Crippen LogP contribution in [-0.4, -0.2) is 28.1 Å². The van der Waals surface area contributed by atoms with Gasteiger partial charge >= 0.3 is 0 Å². The van der Waals surface area contributed by atoms with E-state index < -0.39 is 10.0 Å². The molecular formula is C11H17ClN2O2S2. The van der Waals surface area contributed by atoms with Crippen molar-refractivity contribution in [1.29, 1.82) is 0 Å². The normalized spacial score (nSPS) is 19.9. The molecule has 0 bridgehead atoms. The van der Waals surface area contributed by atoms with Crippen LogP contribution in [0.25, 0.3) is 0 Å². The van der Waals surface area contributed by atoms with Crippen molar-refractivity contribution in [3.05, 3.63) is 16.5 Å². The largest absolute Gasteiger partial charge is 0.317 e. The lowest BCUT2D eigenvalue weighted by Crippen LogP contribution is -2.42. The Morgan fingerprint density at radius 3 is 2.67 bits per heavy atom. The van der Waals surface area contributed by atoms with E-state index in [4.69, 9.17) is 11.6 Å². The summed E-state index contributed by atoms with van der Waals surface area (Å²) in [7, 11) is -3.41. The van der Waals surface area contributed by atoms with Crippen molar-refractivity contribution >= 4 is 33.0 Å². The van der Waals surface area contributed by atoms with Gasteiger partial charge in [0.2, 0.25) is 10.0 Å². The number of thiophene rings is 1. The molecule has 2 heterocycles. The van der Waals surface area contributed by atoms with Crippen molar-refractivity contribution in [2.45, 2.75) is 24.0 Å². The van der Waals surface area contributed by atoms with E-state index in [2.05, 4.69) is 17.0 Å². The van der Waals surface area contributed by atoms with Gasteiger partial charge in [-0.25, -0.2) is 13.1 Å². The first-order chi connectivity index (χ1) is 8.41. The molecule has 0 aliphatic carbocycles. The van der Waals surface area contributed by atoms with Crippen LogP contribution in [0.3, 0.4) is 0 Å². The lowest BCUT2D eigenvalue weighted by Gasteiger charge is -2.33. The minimum Gasteiger partial charge on any atom is -0.317 e. The molecule has 0 aromatic carbocycles. The summed E-state index contributed by atoms with van der Waals surface area (Å²) >= 11 is 6.84. The van der Waals surface area contributed by atoms with E-state index in [9.17, 15) is 8.42 Å². The van der Waals surface area contributed by atoms with E-state index in [1.165, 1.54) is 0 Å². The summed E-state index contributed by atoms with van der Waals surface area (Å²) in [4.78, 5) is 0. The van der Waals surface area contributed by atoms with Crippen LogP contribution in [0.2, 0.25) is 4.34 Å². The second-order valence-electron chi connectivity index (χ2n) is 4.94. The molecular weight excluding hydrogens is 292 g/mol. The van der Waals surface area contributed by atoms with Gasteiger partial charge in [0.05, 0.1) is 4.34 Å². The SMILES string of the molecule is CC1(CNS(=O)(=O)c2ccc(Cl)s2)CCNCC1. The lowest BCUT2D eigenvalue weighted by molar-refractivity contribution is 0.232. The van der Waals surface area contributed by atoms with Crippen molar-refractivity contribution in [3.8, 4) is 0 Å².